The van der Waals surface area contributed by atoms with Gasteiger partial charge in [-0.25, -0.2) is 4.79 Å². The van der Waals surface area contributed by atoms with E-state index < -0.39 is 6.09 Å². The van der Waals surface area contributed by atoms with Crippen LogP contribution in [0.25, 0.3) is 0 Å². The van der Waals surface area contributed by atoms with Crippen LogP contribution in [-0.2, 0) is 4.74 Å². The second-order valence-electron chi connectivity index (χ2n) is 4.99. The highest BCUT2D eigenvalue weighted by molar-refractivity contribution is 5.65. The summed E-state index contributed by atoms with van der Waals surface area (Å²) in [5, 5.41) is 0. The Labute approximate surface area is 127 Å². The van der Waals surface area contributed by atoms with Gasteiger partial charge in [-0.2, -0.15) is 0 Å². The van der Waals surface area contributed by atoms with E-state index in [4.69, 9.17) is 10.5 Å². The van der Waals surface area contributed by atoms with Gasteiger partial charge in [0.05, 0.1) is 0 Å². The van der Waals surface area contributed by atoms with E-state index >= 15 is 0 Å². The first-order valence-corrected chi connectivity index (χ1v) is 6.74. The molecule has 3 nitrogen and oxygen atoms in total. The molecule has 0 unspecified atom stereocenters. The highest BCUT2D eigenvalue weighted by Crippen LogP contribution is 2.36. The molecule has 0 bridgehead atoms. The summed E-state index contributed by atoms with van der Waals surface area (Å²) in [5.41, 5.74) is 6.87. The van der Waals surface area contributed by atoms with Gasteiger partial charge < -0.3 is 10.5 Å². The molecular weight excluding hydrogens is 262 g/mol. The largest absolute Gasteiger partial charge is 0.415 e. The normalized spacial score (nSPS) is 14.2. The molecule has 21 heavy (non-hydrogen) atoms. The Kier molecular flexibility index (Phi) is 7.84. The van der Waals surface area contributed by atoms with E-state index in [1.165, 1.54) is 0 Å². The van der Waals surface area contributed by atoms with Crippen molar-refractivity contribution in [2.45, 2.75) is 27.7 Å². The smallest absolute Gasteiger partial charge is 0.409 e. The predicted octanol–water partition coefficient (Wildman–Crippen LogP) is 4.81. The molecule has 1 amide bonds. The number of rotatable bonds is 7. The summed E-state index contributed by atoms with van der Waals surface area (Å²) in [7, 11) is 0. The average molecular weight is 287 g/mol. The molecule has 0 fully saturated rings. The number of amides is 1. The van der Waals surface area contributed by atoms with Crippen molar-refractivity contribution in [3.8, 4) is 0 Å². The van der Waals surface area contributed by atoms with Gasteiger partial charge in [-0.05, 0) is 31.1 Å². The van der Waals surface area contributed by atoms with Gasteiger partial charge >= 0.3 is 6.09 Å². The minimum atomic E-state index is -0.820. The summed E-state index contributed by atoms with van der Waals surface area (Å²) in [6.07, 6.45) is 12.2. The van der Waals surface area contributed by atoms with Crippen LogP contribution in [0.5, 0.6) is 0 Å². The van der Waals surface area contributed by atoms with Crippen LogP contribution < -0.4 is 5.73 Å². The highest BCUT2D eigenvalue weighted by atomic mass is 16.5. The van der Waals surface area contributed by atoms with Crippen molar-refractivity contribution in [1.82, 2.24) is 0 Å². The van der Waals surface area contributed by atoms with Crippen molar-refractivity contribution < 1.29 is 9.53 Å². The minimum absolute atomic E-state index is 0.237. The van der Waals surface area contributed by atoms with E-state index in [0.717, 1.165) is 11.1 Å². The molecule has 0 heterocycles. The number of ether oxygens (including phenoxy) is 1. The number of allylic oxidation sites excluding steroid dienone is 10. The van der Waals surface area contributed by atoms with Crippen LogP contribution in [0.1, 0.15) is 27.7 Å². The van der Waals surface area contributed by atoms with Gasteiger partial charge in [-0.3, -0.25) is 0 Å². The van der Waals surface area contributed by atoms with Crippen molar-refractivity contribution >= 4 is 6.09 Å². The van der Waals surface area contributed by atoms with Crippen molar-refractivity contribution in [3.05, 3.63) is 72.6 Å². The molecule has 0 rings (SSSR count). The molecule has 0 aromatic carbocycles. The van der Waals surface area contributed by atoms with Crippen LogP contribution >= 0.6 is 0 Å². The molecule has 0 atom stereocenters. The number of primary amides is 1. The lowest BCUT2D eigenvalue weighted by atomic mass is 9.76. The SMILES string of the molecule is C=C/C=C\C(=C/C)C(C)(C)/C(C=C)=C/C=C(\C)OC(N)=O. The summed E-state index contributed by atoms with van der Waals surface area (Å²) in [4.78, 5) is 10.7. The molecule has 0 radical (unpaired) electrons. The van der Waals surface area contributed by atoms with E-state index in [1.807, 2.05) is 31.2 Å². The molecule has 114 valence electrons. The molecule has 0 aliphatic carbocycles. The fourth-order valence-electron chi connectivity index (χ4n) is 1.94. The average Bonchev–Trinajstić information content (AvgIpc) is 2.38. The summed E-state index contributed by atoms with van der Waals surface area (Å²) in [5.74, 6) is 0.432. The maximum Gasteiger partial charge on any atom is 0.409 e. The van der Waals surface area contributed by atoms with Crippen LogP contribution in [0.4, 0.5) is 4.79 Å². The molecule has 0 aromatic rings. The van der Waals surface area contributed by atoms with Gasteiger partial charge in [0, 0.05) is 5.41 Å². The van der Waals surface area contributed by atoms with Crippen LogP contribution in [0.2, 0.25) is 0 Å². The van der Waals surface area contributed by atoms with E-state index in [9.17, 15) is 4.79 Å². The minimum Gasteiger partial charge on any atom is -0.415 e. The third kappa shape index (κ3) is 6.13. The van der Waals surface area contributed by atoms with Gasteiger partial charge in [0.15, 0.2) is 0 Å². The third-order valence-corrected chi connectivity index (χ3v) is 3.15. The van der Waals surface area contributed by atoms with Crippen LogP contribution in [0.3, 0.4) is 0 Å². The fourth-order valence-corrected chi connectivity index (χ4v) is 1.94. The standard InChI is InChI=1S/C18H25NO2/c1-7-10-11-15(8-2)18(5,6)16(9-3)13-12-14(4)21-17(19)20/h7-13H,1,3H2,2,4-6H3,(H2,19,20)/b11-10-,14-12+,15-8+,16-13+. The Bertz CT molecular complexity index is 517. The summed E-state index contributed by atoms with van der Waals surface area (Å²) in [6, 6.07) is 0. The molecule has 0 aliphatic rings. The second-order valence-corrected chi connectivity index (χ2v) is 4.99. The molecule has 0 aliphatic heterocycles. The van der Waals surface area contributed by atoms with Crippen molar-refractivity contribution in [2.24, 2.45) is 11.1 Å². The van der Waals surface area contributed by atoms with E-state index in [1.54, 1.807) is 25.2 Å². The van der Waals surface area contributed by atoms with Crippen LogP contribution in [0, 0.1) is 5.41 Å². The molecule has 0 saturated carbocycles. The quantitative estimate of drug-likeness (QED) is 0.539. The first kappa shape index (κ1) is 18.7. The topological polar surface area (TPSA) is 52.3 Å². The van der Waals surface area contributed by atoms with Gasteiger partial charge in [-0.1, -0.05) is 63.5 Å². The third-order valence-electron chi connectivity index (χ3n) is 3.15. The maximum atomic E-state index is 10.7. The maximum absolute atomic E-state index is 10.7. The molecule has 0 aromatic heterocycles. The monoisotopic (exact) mass is 287 g/mol. The zero-order valence-corrected chi connectivity index (χ0v) is 13.3. The van der Waals surface area contributed by atoms with Crippen LogP contribution in [0.15, 0.2) is 72.6 Å². The Morgan fingerprint density at radius 2 is 1.81 bits per heavy atom. The summed E-state index contributed by atoms with van der Waals surface area (Å²) in [6.45, 7) is 15.4. The Hall–Kier alpha value is -2.29. The van der Waals surface area contributed by atoms with Gasteiger partial charge in [0.25, 0.3) is 0 Å². The second kappa shape index (κ2) is 8.80. The molecule has 0 spiro atoms. The van der Waals surface area contributed by atoms with Crippen molar-refractivity contribution in [3.63, 3.8) is 0 Å². The number of hydrogen-bond acceptors (Lipinski definition) is 2. The van der Waals surface area contributed by atoms with Crippen LogP contribution in [-0.4, -0.2) is 6.09 Å². The van der Waals surface area contributed by atoms with E-state index in [2.05, 4.69) is 27.0 Å². The number of carbonyl (C=O) groups is 1. The lowest BCUT2D eigenvalue weighted by Gasteiger charge is -2.28. The Balaban J connectivity index is 5.50. The number of hydrogen-bond donors (Lipinski definition) is 1. The molecule has 2 N–H and O–H groups in total. The summed E-state index contributed by atoms with van der Waals surface area (Å²) < 4.78 is 4.79. The first-order valence-electron chi connectivity index (χ1n) is 6.74. The van der Waals surface area contributed by atoms with E-state index in [-0.39, 0.29) is 5.41 Å². The zero-order valence-electron chi connectivity index (χ0n) is 13.3. The first-order chi connectivity index (χ1) is 9.79. The van der Waals surface area contributed by atoms with Crippen molar-refractivity contribution in [2.75, 3.05) is 0 Å². The lowest BCUT2D eigenvalue weighted by Crippen LogP contribution is -2.16. The van der Waals surface area contributed by atoms with Gasteiger partial charge in [-0.15, -0.1) is 0 Å². The molecular formula is C18H25NO2. The van der Waals surface area contributed by atoms with E-state index in [0.29, 0.717) is 5.76 Å². The zero-order chi connectivity index (χ0) is 16.5. The lowest BCUT2D eigenvalue weighted by molar-refractivity contribution is 0.187. The Morgan fingerprint density at radius 1 is 1.19 bits per heavy atom. The molecule has 0 saturated heterocycles. The predicted molar refractivity (Wildman–Crippen MR) is 89.6 cm³/mol. The van der Waals surface area contributed by atoms with Crippen molar-refractivity contribution in [1.29, 1.82) is 0 Å². The van der Waals surface area contributed by atoms with Gasteiger partial charge in [0.2, 0.25) is 0 Å². The highest BCUT2D eigenvalue weighted by Gasteiger charge is 2.23. The van der Waals surface area contributed by atoms with Gasteiger partial charge in [0.1, 0.15) is 5.76 Å². The number of nitrogens with two attached hydrogens (primary N) is 1. The Morgan fingerprint density at radius 3 is 2.24 bits per heavy atom. The molecule has 3 heteroatoms. The summed E-state index contributed by atoms with van der Waals surface area (Å²) >= 11 is 0. The fraction of sp³-hybridized carbons (Fsp3) is 0.278. The number of carbonyl (C=O) groups excluding carboxylic acids is 1.